The molecule has 0 saturated carbocycles. The van der Waals surface area contributed by atoms with Gasteiger partial charge in [0.15, 0.2) is 23.2 Å². The number of hydrogen-bond acceptors (Lipinski definition) is 7. The molecule has 2 aromatic carbocycles. The number of hydrogen-bond donors (Lipinski definition) is 0. The van der Waals surface area contributed by atoms with E-state index in [4.69, 9.17) is 14.2 Å². The maximum atomic E-state index is 12.9. The number of rotatable bonds is 7. The Bertz CT molecular complexity index is 1080. The number of benzene rings is 2. The van der Waals surface area contributed by atoms with Crippen molar-refractivity contribution < 1.29 is 19.0 Å². The van der Waals surface area contributed by atoms with E-state index < -0.39 is 5.92 Å². The van der Waals surface area contributed by atoms with Gasteiger partial charge in [0, 0.05) is 16.5 Å². The van der Waals surface area contributed by atoms with Crippen LogP contribution in [0, 0.1) is 18.3 Å². The van der Waals surface area contributed by atoms with Crippen molar-refractivity contribution in [3.63, 3.8) is 0 Å². The van der Waals surface area contributed by atoms with E-state index in [2.05, 4.69) is 11.1 Å². The molecule has 0 spiro atoms. The molecule has 3 rings (SSSR count). The van der Waals surface area contributed by atoms with Crippen LogP contribution >= 0.6 is 11.3 Å². The number of ketones is 1. The predicted octanol–water partition coefficient (Wildman–Crippen LogP) is 4.63. The van der Waals surface area contributed by atoms with Crippen LogP contribution in [-0.4, -0.2) is 32.1 Å². The van der Waals surface area contributed by atoms with E-state index in [0.717, 1.165) is 11.1 Å². The lowest BCUT2D eigenvalue weighted by atomic mass is 9.98. The Hall–Kier alpha value is -3.37. The highest BCUT2D eigenvalue weighted by molar-refractivity contribution is 7.10. The Kier molecular flexibility index (Phi) is 6.15. The smallest absolute Gasteiger partial charge is 0.187 e. The molecule has 148 valence electrons. The molecule has 1 atom stereocenters. The van der Waals surface area contributed by atoms with Gasteiger partial charge in [-0.3, -0.25) is 4.79 Å². The molecule has 1 heterocycles. The zero-order valence-corrected chi connectivity index (χ0v) is 17.4. The highest BCUT2D eigenvalue weighted by atomic mass is 32.1. The highest BCUT2D eigenvalue weighted by Gasteiger charge is 2.26. The van der Waals surface area contributed by atoms with Gasteiger partial charge in [-0.25, -0.2) is 4.98 Å². The molecule has 0 N–H and O–H groups in total. The van der Waals surface area contributed by atoms with Crippen molar-refractivity contribution in [3.05, 3.63) is 57.9 Å². The second-order valence-corrected chi connectivity index (χ2v) is 7.14. The number of carbonyl (C=O) groups excluding carboxylic acids is 1. The fourth-order valence-corrected chi connectivity index (χ4v) is 3.78. The van der Waals surface area contributed by atoms with E-state index in [1.807, 2.05) is 24.4 Å². The van der Waals surface area contributed by atoms with Crippen molar-refractivity contribution in [2.24, 2.45) is 0 Å². The molecule has 0 bridgehead atoms. The van der Waals surface area contributed by atoms with Crippen LogP contribution < -0.4 is 14.2 Å². The molecule has 0 aliphatic carbocycles. The van der Waals surface area contributed by atoms with Gasteiger partial charge >= 0.3 is 0 Å². The largest absolute Gasteiger partial charge is 0.496 e. The van der Waals surface area contributed by atoms with Gasteiger partial charge in [0.2, 0.25) is 0 Å². The van der Waals surface area contributed by atoms with Crippen LogP contribution in [0.4, 0.5) is 0 Å². The molecule has 0 fully saturated rings. The molecule has 6 nitrogen and oxygen atoms in total. The van der Waals surface area contributed by atoms with Crippen LogP contribution in [0.15, 0.2) is 41.8 Å². The van der Waals surface area contributed by atoms with Crippen molar-refractivity contribution in [3.8, 4) is 34.6 Å². The number of nitrogens with zero attached hydrogens (tertiary/aromatic N) is 2. The quantitative estimate of drug-likeness (QED) is 0.530. The van der Waals surface area contributed by atoms with Crippen molar-refractivity contribution in [1.82, 2.24) is 4.98 Å². The predicted molar refractivity (Wildman–Crippen MR) is 111 cm³/mol. The molecule has 1 unspecified atom stereocenters. The van der Waals surface area contributed by atoms with Gasteiger partial charge in [-0.15, -0.1) is 11.3 Å². The minimum atomic E-state index is -0.985. The van der Waals surface area contributed by atoms with E-state index in [0.29, 0.717) is 33.5 Å². The second kappa shape index (κ2) is 8.76. The lowest BCUT2D eigenvalue weighted by Gasteiger charge is -2.09. The molecular weight excluding hydrogens is 388 g/mol. The Balaban J connectivity index is 1.92. The molecule has 0 saturated heterocycles. The highest BCUT2D eigenvalue weighted by Crippen LogP contribution is 2.34. The third-order valence-electron chi connectivity index (χ3n) is 4.53. The average molecular weight is 408 g/mol. The van der Waals surface area contributed by atoms with E-state index in [1.54, 1.807) is 45.6 Å². The van der Waals surface area contributed by atoms with Crippen molar-refractivity contribution in [2.75, 3.05) is 21.3 Å². The number of carbonyl (C=O) groups is 1. The average Bonchev–Trinajstić information content (AvgIpc) is 3.23. The fraction of sp³-hybridized carbons (Fsp3) is 0.227. The number of ether oxygens (including phenoxy) is 3. The van der Waals surface area contributed by atoms with Crippen molar-refractivity contribution >= 4 is 17.1 Å². The number of thiazole rings is 1. The molecule has 29 heavy (non-hydrogen) atoms. The first kappa shape index (κ1) is 20.4. The van der Waals surface area contributed by atoms with Gasteiger partial charge in [0.25, 0.3) is 0 Å². The molecular formula is C22H20N2O4S. The molecule has 1 aromatic heterocycles. The molecule has 0 aliphatic rings. The summed E-state index contributed by atoms with van der Waals surface area (Å²) in [6.07, 6.45) is 0. The van der Waals surface area contributed by atoms with E-state index >= 15 is 0 Å². The zero-order chi connectivity index (χ0) is 21.0. The summed E-state index contributed by atoms with van der Waals surface area (Å²) in [7, 11) is 4.69. The molecule has 0 aliphatic heterocycles. The standard InChI is InChI=1S/C22H20N2O4S/c1-13-5-6-15(10-19(13)27-3)21(25)16(11-23)22-24-17(12-29-22)14-7-8-18(26-2)20(9-14)28-4/h5-10,12,16H,1-4H3. The van der Waals surface area contributed by atoms with Crippen LogP contribution in [0.25, 0.3) is 11.3 Å². The van der Waals surface area contributed by atoms with Gasteiger partial charge in [0.05, 0.1) is 33.1 Å². The van der Waals surface area contributed by atoms with Crippen molar-refractivity contribution in [1.29, 1.82) is 5.26 Å². The summed E-state index contributed by atoms with van der Waals surface area (Å²) in [5, 5.41) is 11.9. The van der Waals surface area contributed by atoms with Crippen LogP contribution in [0.2, 0.25) is 0 Å². The summed E-state index contributed by atoms with van der Waals surface area (Å²) < 4.78 is 15.9. The third-order valence-corrected chi connectivity index (χ3v) is 5.44. The SMILES string of the molecule is COc1cc(C(=O)C(C#N)c2nc(-c3ccc(OC)c(OC)c3)cs2)ccc1C. The molecule has 3 aromatic rings. The number of methoxy groups -OCH3 is 3. The lowest BCUT2D eigenvalue weighted by molar-refractivity contribution is 0.0978. The summed E-state index contributed by atoms with van der Waals surface area (Å²) in [4.78, 5) is 17.5. The van der Waals surface area contributed by atoms with Crippen molar-refractivity contribution in [2.45, 2.75) is 12.8 Å². The Labute approximate surface area is 173 Å². The second-order valence-electron chi connectivity index (χ2n) is 6.25. The molecule has 0 radical (unpaired) electrons. The van der Waals surface area contributed by atoms with Crippen LogP contribution in [0.5, 0.6) is 17.2 Å². The maximum Gasteiger partial charge on any atom is 0.187 e. The summed E-state index contributed by atoms with van der Waals surface area (Å²) >= 11 is 1.28. The number of Topliss-reactive ketones (excluding diaryl/α,β-unsaturated/α-hetero) is 1. The topological polar surface area (TPSA) is 81.4 Å². The Morgan fingerprint density at radius 2 is 1.76 bits per heavy atom. The zero-order valence-electron chi connectivity index (χ0n) is 16.6. The number of aromatic nitrogens is 1. The van der Waals surface area contributed by atoms with Crippen LogP contribution in [0.3, 0.4) is 0 Å². The lowest BCUT2D eigenvalue weighted by Crippen LogP contribution is -2.11. The number of aryl methyl sites for hydroxylation is 1. The summed E-state index contributed by atoms with van der Waals surface area (Å²) in [5.74, 6) is 0.516. The fourth-order valence-electron chi connectivity index (χ4n) is 2.91. The van der Waals surface area contributed by atoms with Gasteiger partial charge in [-0.2, -0.15) is 5.26 Å². The first-order valence-electron chi connectivity index (χ1n) is 8.78. The minimum Gasteiger partial charge on any atom is -0.496 e. The van der Waals surface area contributed by atoms with Crippen LogP contribution in [0.1, 0.15) is 26.8 Å². The summed E-state index contributed by atoms with van der Waals surface area (Å²) in [5.41, 5.74) is 2.82. The third kappa shape index (κ3) is 4.08. The normalized spacial score (nSPS) is 11.4. The van der Waals surface area contributed by atoms with E-state index in [9.17, 15) is 10.1 Å². The Morgan fingerprint density at radius 1 is 1.03 bits per heavy atom. The van der Waals surface area contributed by atoms with Gasteiger partial charge in [0.1, 0.15) is 10.8 Å². The first-order valence-corrected chi connectivity index (χ1v) is 9.66. The molecule has 7 heteroatoms. The maximum absolute atomic E-state index is 12.9. The first-order chi connectivity index (χ1) is 14.0. The monoisotopic (exact) mass is 408 g/mol. The Morgan fingerprint density at radius 3 is 2.41 bits per heavy atom. The van der Waals surface area contributed by atoms with Gasteiger partial charge in [-0.1, -0.05) is 12.1 Å². The number of nitriles is 1. The summed E-state index contributed by atoms with van der Waals surface area (Å²) in [6, 6.07) is 12.7. The minimum absolute atomic E-state index is 0.306. The van der Waals surface area contributed by atoms with Gasteiger partial charge in [-0.05, 0) is 36.8 Å². The van der Waals surface area contributed by atoms with Crippen LogP contribution in [-0.2, 0) is 0 Å². The van der Waals surface area contributed by atoms with E-state index in [1.165, 1.54) is 11.3 Å². The van der Waals surface area contributed by atoms with Gasteiger partial charge < -0.3 is 14.2 Å². The summed E-state index contributed by atoms with van der Waals surface area (Å²) in [6.45, 7) is 1.89. The van der Waals surface area contributed by atoms with E-state index in [-0.39, 0.29) is 5.78 Å². The molecule has 0 amide bonds.